The number of aliphatic hydroxyl groups excluding tert-OH is 1. The van der Waals surface area contributed by atoms with Crippen molar-refractivity contribution in [2.45, 2.75) is 26.0 Å². The molecule has 5 heteroatoms. The molecule has 5 nitrogen and oxygen atoms in total. The molecule has 1 rings (SSSR count). The van der Waals surface area contributed by atoms with E-state index >= 15 is 0 Å². The first-order valence-corrected chi connectivity index (χ1v) is 4.57. The van der Waals surface area contributed by atoms with Crippen molar-refractivity contribution in [1.29, 1.82) is 0 Å². The van der Waals surface area contributed by atoms with Gasteiger partial charge in [-0.05, 0) is 13.8 Å². The third kappa shape index (κ3) is 2.38. The number of aryl methyl sites for hydroxylation is 1. The second-order valence-electron chi connectivity index (χ2n) is 3.37. The SMILES string of the molecule is COc1cc(NC(C)C(C)O)nn1C. The van der Waals surface area contributed by atoms with Gasteiger partial charge in [0.25, 0.3) is 0 Å². The number of aromatic nitrogens is 2. The Morgan fingerprint density at radius 2 is 2.21 bits per heavy atom. The summed E-state index contributed by atoms with van der Waals surface area (Å²) in [7, 11) is 3.40. The van der Waals surface area contributed by atoms with Gasteiger partial charge in [-0.3, -0.25) is 0 Å². The van der Waals surface area contributed by atoms with Gasteiger partial charge in [0.1, 0.15) is 0 Å². The van der Waals surface area contributed by atoms with E-state index in [1.807, 2.05) is 6.92 Å². The lowest BCUT2D eigenvalue weighted by Gasteiger charge is -2.15. The van der Waals surface area contributed by atoms with Gasteiger partial charge in [0.15, 0.2) is 5.82 Å². The molecule has 1 heterocycles. The summed E-state index contributed by atoms with van der Waals surface area (Å²) >= 11 is 0. The van der Waals surface area contributed by atoms with Crippen molar-refractivity contribution in [2.75, 3.05) is 12.4 Å². The first-order chi connectivity index (χ1) is 6.54. The maximum Gasteiger partial charge on any atom is 0.213 e. The summed E-state index contributed by atoms with van der Waals surface area (Å²) in [6.07, 6.45) is -0.414. The highest BCUT2D eigenvalue weighted by atomic mass is 16.5. The molecule has 80 valence electrons. The van der Waals surface area contributed by atoms with Gasteiger partial charge in [0.05, 0.1) is 19.3 Å². The number of hydrogen-bond donors (Lipinski definition) is 2. The molecule has 0 radical (unpaired) electrons. The third-order valence-electron chi connectivity index (χ3n) is 2.15. The van der Waals surface area contributed by atoms with E-state index in [2.05, 4.69) is 10.4 Å². The van der Waals surface area contributed by atoms with Gasteiger partial charge in [0, 0.05) is 13.1 Å². The molecule has 0 saturated carbocycles. The smallest absolute Gasteiger partial charge is 0.213 e. The standard InChI is InChI=1S/C9H17N3O2/c1-6(7(2)13)10-8-5-9(14-4)12(3)11-8/h5-7,13H,1-4H3,(H,10,11). The fourth-order valence-corrected chi connectivity index (χ4v) is 1.07. The van der Waals surface area contributed by atoms with Crippen LogP contribution in [-0.4, -0.2) is 34.1 Å². The average molecular weight is 199 g/mol. The molecule has 2 atom stereocenters. The molecule has 2 unspecified atom stereocenters. The summed E-state index contributed by atoms with van der Waals surface area (Å²) in [4.78, 5) is 0. The average Bonchev–Trinajstić information content (AvgIpc) is 2.45. The molecular formula is C9H17N3O2. The van der Waals surface area contributed by atoms with Gasteiger partial charge in [-0.25, -0.2) is 4.68 Å². The Hall–Kier alpha value is -1.23. The minimum absolute atomic E-state index is 0.0328. The fourth-order valence-electron chi connectivity index (χ4n) is 1.07. The Morgan fingerprint density at radius 1 is 1.57 bits per heavy atom. The van der Waals surface area contributed by atoms with Gasteiger partial charge in [-0.2, -0.15) is 5.10 Å². The highest BCUT2D eigenvalue weighted by Crippen LogP contribution is 2.16. The summed E-state index contributed by atoms with van der Waals surface area (Å²) < 4.78 is 6.70. The van der Waals surface area contributed by atoms with Crippen molar-refractivity contribution in [3.05, 3.63) is 6.07 Å². The van der Waals surface area contributed by atoms with Crippen LogP contribution in [-0.2, 0) is 7.05 Å². The van der Waals surface area contributed by atoms with Gasteiger partial charge >= 0.3 is 0 Å². The van der Waals surface area contributed by atoms with E-state index in [0.29, 0.717) is 11.7 Å². The highest BCUT2D eigenvalue weighted by molar-refractivity contribution is 5.39. The lowest BCUT2D eigenvalue weighted by atomic mass is 10.2. The minimum Gasteiger partial charge on any atom is -0.481 e. The zero-order chi connectivity index (χ0) is 10.7. The summed E-state index contributed by atoms with van der Waals surface area (Å²) in [6, 6.07) is 1.76. The van der Waals surface area contributed by atoms with Crippen LogP contribution in [0.1, 0.15) is 13.8 Å². The Kier molecular flexibility index (Phi) is 3.35. The molecule has 0 aliphatic carbocycles. The number of rotatable bonds is 4. The number of nitrogens with one attached hydrogen (secondary N) is 1. The maximum absolute atomic E-state index is 9.29. The van der Waals surface area contributed by atoms with E-state index in [4.69, 9.17) is 4.74 Å². The molecule has 0 aliphatic rings. The lowest BCUT2D eigenvalue weighted by molar-refractivity contribution is 0.177. The van der Waals surface area contributed by atoms with E-state index in [-0.39, 0.29) is 6.04 Å². The molecule has 1 aromatic rings. The van der Waals surface area contributed by atoms with E-state index in [0.717, 1.165) is 0 Å². The van der Waals surface area contributed by atoms with Gasteiger partial charge in [0.2, 0.25) is 5.88 Å². The second-order valence-corrected chi connectivity index (χ2v) is 3.37. The van der Waals surface area contributed by atoms with Crippen molar-refractivity contribution >= 4 is 5.82 Å². The quantitative estimate of drug-likeness (QED) is 0.746. The molecule has 0 aliphatic heterocycles. The number of hydrogen-bond acceptors (Lipinski definition) is 4. The van der Waals surface area contributed by atoms with Crippen LogP contribution in [0, 0.1) is 0 Å². The van der Waals surface area contributed by atoms with E-state index in [1.165, 1.54) is 0 Å². The van der Waals surface area contributed by atoms with Crippen LogP contribution in [0.2, 0.25) is 0 Å². The van der Waals surface area contributed by atoms with Crippen LogP contribution in [0.5, 0.6) is 5.88 Å². The lowest BCUT2D eigenvalue weighted by Crippen LogP contribution is -2.28. The van der Waals surface area contributed by atoms with Crippen molar-refractivity contribution < 1.29 is 9.84 Å². The normalized spacial score (nSPS) is 14.9. The Labute approximate surface area is 83.7 Å². The summed E-state index contributed by atoms with van der Waals surface area (Å²) in [6.45, 7) is 3.63. The van der Waals surface area contributed by atoms with Gasteiger partial charge in [-0.15, -0.1) is 0 Å². The molecule has 0 fully saturated rings. The molecule has 1 aromatic heterocycles. The van der Waals surface area contributed by atoms with Crippen LogP contribution < -0.4 is 10.1 Å². The number of anilines is 1. The van der Waals surface area contributed by atoms with E-state index < -0.39 is 6.10 Å². The van der Waals surface area contributed by atoms with Gasteiger partial charge < -0.3 is 15.2 Å². The zero-order valence-electron chi connectivity index (χ0n) is 8.98. The molecular weight excluding hydrogens is 182 g/mol. The molecule has 0 saturated heterocycles. The van der Waals surface area contributed by atoms with Gasteiger partial charge in [-0.1, -0.05) is 0 Å². The summed E-state index contributed by atoms with van der Waals surface area (Å²) in [5, 5.41) is 16.5. The van der Waals surface area contributed by atoms with Crippen molar-refractivity contribution in [2.24, 2.45) is 7.05 Å². The molecule has 14 heavy (non-hydrogen) atoms. The van der Waals surface area contributed by atoms with Crippen molar-refractivity contribution in [1.82, 2.24) is 9.78 Å². The summed E-state index contributed by atoms with van der Waals surface area (Å²) in [5.74, 6) is 1.39. The predicted molar refractivity (Wildman–Crippen MR) is 54.5 cm³/mol. The number of methoxy groups -OCH3 is 1. The number of nitrogens with zero attached hydrogens (tertiary/aromatic N) is 2. The van der Waals surface area contributed by atoms with Crippen molar-refractivity contribution in [3.8, 4) is 5.88 Å². The molecule has 0 amide bonds. The molecule has 0 bridgehead atoms. The van der Waals surface area contributed by atoms with Crippen molar-refractivity contribution in [3.63, 3.8) is 0 Å². The minimum atomic E-state index is -0.414. The first kappa shape index (κ1) is 10.8. The third-order valence-corrected chi connectivity index (χ3v) is 2.15. The molecule has 0 spiro atoms. The number of aliphatic hydroxyl groups is 1. The Bertz CT molecular complexity index is 296. The number of ether oxygens (including phenoxy) is 1. The first-order valence-electron chi connectivity index (χ1n) is 4.57. The maximum atomic E-state index is 9.29. The van der Waals surface area contributed by atoms with Crippen LogP contribution in [0.25, 0.3) is 0 Å². The second kappa shape index (κ2) is 4.32. The predicted octanol–water partition coefficient (Wildman–Crippen LogP) is 0.610. The Morgan fingerprint density at radius 3 is 2.64 bits per heavy atom. The van der Waals surface area contributed by atoms with Crippen LogP contribution in [0.4, 0.5) is 5.82 Å². The monoisotopic (exact) mass is 199 g/mol. The van der Waals surface area contributed by atoms with Crippen LogP contribution >= 0.6 is 0 Å². The Balaban J connectivity index is 2.68. The van der Waals surface area contributed by atoms with E-state index in [9.17, 15) is 5.11 Å². The van der Waals surface area contributed by atoms with Crippen LogP contribution in [0.3, 0.4) is 0 Å². The topological polar surface area (TPSA) is 59.3 Å². The summed E-state index contributed by atoms with van der Waals surface area (Å²) in [5.41, 5.74) is 0. The molecule has 0 aromatic carbocycles. The van der Waals surface area contributed by atoms with E-state index in [1.54, 1.807) is 31.8 Å². The highest BCUT2D eigenvalue weighted by Gasteiger charge is 2.11. The zero-order valence-corrected chi connectivity index (χ0v) is 8.98. The molecule has 2 N–H and O–H groups in total. The van der Waals surface area contributed by atoms with Crippen LogP contribution in [0.15, 0.2) is 6.07 Å². The fraction of sp³-hybridized carbons (Fsp3) is 0.667. The largest absolute Gasteiger partial charge is 0.481 e.